The Hall–Kier alpha value is -1.51. The fourth-order valence-electron chi connectivity index (χ4n) is 3.76. The summed E-state index contributed by atoms with van der Waals surface area (Å²) in [5.74, 6) is 0. The molecule has 1 saturated carbocycles. The summed E-state index contributed by atoms with van der Waals surface area (Å²) in [6.07, 6.45) is 12.1. The highest BCUT2D eigenvalue weighted by Gasteiger charge is 2.23. The van der Waals surface area contributed by atoms with Gasteiger partial charge in [0.15, 0.2) is 0 Å². The maximum Gasteiger partial charge on any atom is 0.322 e. The molecule has 22 heavy (non-hydrogen) atoms. The lowest BCUT2D eigenvalue weighted by Gasteiger charge is -2.27. The zero-order valence-electron chi connectivity index (χ0n) is 13.5. The molecule has 1 aromatic rings. The number of rotatable bonds is 1. The van der Waals surface area contributed by atoms with Crippen LogP contribution in [0.25, 0.3) is 0 Å². The van der Waals surface area contributed by atoms with Gasteiger partial charge in [0.05, 0.1) is 0 Å². The third-order valence-corrected chi connectivity index (χ3v) is 5.04. The van der Waals surface area contributed by atoms with E-state index in [1.165, 1.54) is 44.1 Å². The molecule has 0 aromatic heterocycles. The summed E-state index contributed by atoms with van der Waals surface area (Å²) in [5, 5.41) is 3.31. The molecule has 1 aliphatic heterocycles. The molecule has 1 fully saturated rings. The normalized spacial score (nSPS) is 20.5. The van der Waals surface area contributed by atoms with Crippen LogP contribution in [-0.4, -0.2) is 18.6 Å². The second-order valence-electron chi connectivity index (χ2n) is 6.73. The standard InChI is InChI=1S/C19H28N2O/c22-19(20-17-12-4-2-1-3-5-13-17)21-15-9-8-11-16-10-6-7-14-18(16)21/h6-7,10,14,17H,1-5,8-9,11-13,15H2,(H,20,22). The van der Waals surface area contributed by atoms with E-state index >= 15 is 0 Å². The quantitative estimate of drug-likeness (QED) is 0.804. The first-order chi connectivity index (χ1) is 10.8. The van der Waals surface area contributed by atoms with Gasteiger partial charge in [0.25, 0.3) is 0 Å². The lowest BCUT2D eigenvalue weighted by Crippen LogP contribution is -2.45. The number of para-hydroxylation sites is 1. The van der Waals surface area contributed by atoms with Gasteiger partial charge in [-0.15, -0.1) is 0 Å². The lowest BCUT2D eigenvalue weighted by atomic mass is 9.97. The molecule has 3 nitrogen and oxygen atoms in total. The Morgan fingerprint density at radius 1 is 0.955 bits per heavy atom. The van der Waals surface area contributed by atoms with Crippen LogP contribution in [0.15, 0.2) is 24.3 Å². The lowest BCUT2D eigenvalue weighted by molar-refractivity contribution is 0.239. The molecule has 2 aliphatic rings. The summed E-state index contributed by atoms with van der Waals surface area (Å²) in [6, 6.07) is 8.85. The highest BCUT2D eigenvalue weighted by atomic mass is 16.2. The van der Waals surface area contributed by atoms with Crippen LogP contribution in [0.5, 0.6) is 0 Å². The number of aryl methyl sites for hydroxylation is 1. The van der Waals surface area contributed by atoms with Crippen LogP contribution in [-0.2, 0) is 6.42 Å². The minimum Gasteiger partial charge on any atom is -0.335 e. The van der Waals surface area contributed by atoms with E-state index in [2.05, 4.69) is 23.5 Å². The van der Waals surface area contributed by atoms with Crippen molar-refractivity contribution in [1.82, 2.24) is 5.32 Å². The molecule has 0 saturated heterocycles. The first-order valence-corrected chi connectivity index (χ1v) is 9.00. The Morgan fingerprint density at radius 3 is 2.50 bits per heavy atom. The van der Waals surface area contributed by atoms with Gasteiger partial charge in [0.2, 0.25) is 0 Å². The Labute approximate surface area is 134 Å². The van der Waals surface area contributed by atoms with Crippen molar-refractivity contribution >= 4 is 11.7 Å². The molecule has 1 heterocycles. The van der Waals surface area contributed by atoms with Crippen molar-refractivity contribution in [2.45, 2.75) is 70.3 Å². The van der Waals surface area contributed by atoms with Crippen molar-refractivity contribution < 1.29 is 4.79 Å². The number of urea groups is 1. The number of hydrogen-bond acceptors (Lipinski definition) is 1. The van der Waals surface area contributed by atoms with Crippen molar-refractivity contribution in [3.63, 3.8) is 0 Å². The number of benzene rings is 1. The highest BCUT2D eigenvalue weighted by Crippen LogP contribution is 2.26. The van der Waals surface area contributed by atoms with Gasteiger partial charge in [-0.25, -0.2) is 4.79 Å². The summed E-state index contributed by atoms with van der Waals surface area (Å²) >= 11 is 0. The number of anilines is 1. The molecule has 1 N–H and O–H groups in total. The third-order valence-electron chi connectivity index (χ3n) is 5.04. The van der Waals surface area contributed by atoms with E-state index in [1.807, 2.05) is 11.0 Å². The minimum atomic E-state index is 0.111. The number of nitrogens with zero attached hydrogens (tertiary/aromatic N) is 1. The molecule has 3 heteroatoms. The van der Waals surface area contributed by atoms with E-state index in [0.29, 0.717) is 6.04 Å². The molecule has 120 valence electrons. The van der Waals surface area contributed by atoms with Crippen LogP contribution in [0.3, 0.4) is 0 Å². The topological polar surface area (TPSA) is 32.3 Å². The summed E-state index contributed by atoms with van der Waals surface area (Å²) in [6.45, 7) is 0.843. The largest absolute Gasteiger partial charge is 0.335 e. The number of nitrogens with one attached hydrogen (secondary N) is 1. The molecule has 0 unspecified atom stereocenters. The molecular formula is C19H28N2O. The zero-order chi connectivity index (χ0) is 15.2. The summed E-state index contributed by atoms with van der Waals surface area (Å²) in [5.41, 5.74) is 2.43. The van der Waals surface area contributed by atoms with E-state index in [1.54, 1.807) is 0 Å². The number of carbonyl (C=O) groups is 1. The Bertz CT molecular complexity index is 492. The van der Waals surface area contributed by atoms with Crippen molar-refractivity contribution in [2.24, 2.45) is 0 Å². The van der Waals surface area contributed by atoms with Gasteiger partial charge in [0.1, 0.15) is 0 Å². The van der Waals surface area contributed by atoms with Gasteiger partial charge in [0, 0.05) is 18.3 Å². The predicted molar refractivity (Wildman–Crippen MR) is 91.4 cm³/mol. The monoisotopic (exact) mass is 300 g/mol. The van der Waals surface area contributed by atoms with Crippen LogP contribution >= 0.6 is 0 Å². The van der Waals surface area contributed by atoms with Crippen LogP contribution in [0.1, 0.15) is 63.4 Å². The fraction of sp³-hybridized carbons (Fsp3) is 0.632. The van der Waals surface area contributed by atoms with Crippen LogP contribution in [0.4, 0.5) is 10.5 Å². The zero-order valence-corrected chi connectivity index (χ0v) is 13.5. The van der Waals surface area contributed by atoms with Gasteiger partial charge < -0.3 is 5.32 Å². The van der Waals surface area contributed by atoms with Crippen molar-refractivity contribution in [3.8, 4) is 0 Å². The van der Waals surface area contributed by atoms with Crippen LogP contribution in [0, 0.1) is 0 Å². The SMILES string of the molecule is O=C(NC1CCCCCCC1)N1CCCCc2ccccc21. The van der Waals surface area contributed by atoms with Gasteiger partial charge in [-0.3, -0.25) is 4.90 Å². The van der Waals surface area contributed by atoms with E-state index in [9.17, 15) is 4.79 Å². The van der Waals surface area contributed by atoms with E-state index in [4.69, 9.17) is 0 Å². The smallest absolute Gasteiger partial charge is 0.322 e. The molecule has 0 spiro atoms. The molecule has 3 rings (SSSR count). The van der Waals surface area contributed by atoms with Gasteiger partial charge in [-0.05, 0) is 43.7 Å². The molecule has 1 aliphatic carbocycles. The number of amides is 2. The molecule has 2 amide bonds. The maximum atomic E-state index is 12.8. The molecule has 0 radical (unpaired) electrons. The summed E-state index contributed by atoms with van der Waals surface area (Å²) in [7, 11) is 0. The van der Waals surface area contributed by atoms with Gasteiger partial charge in [-0.1, -0.05) is 50.3 Å². The summed E-state index contributed by atoms with van der Waals surface area (Å²) in [4.78, 5) is 14.8. The molecule has 1 aromatic carbocycles. The van der Waals surface area contributed by atoms with E-state index < -0.39 is 0 Å². The van der Waals surface area contributed by atoms with Crippen molar-refractivity contribution in [3.05, 3.63) is 29.8 Å². The second kappa shape index (κ2) is 7.66. The second-order valence-corrected chi connectivity index (χ2v) is 6.73. The maximum absolute atomic E-state index is 12.8. The predicted octanol–water partition coefficient (Wildman–Crippen LogP) is 4.65. The number of hydrogen-bond donors (Lipinski definition) is 1. The molecular weight excluding hydrogens is 272 g/mol. The van der Waals surface area contributed by atoms with Crippen LogP contribution in [0.2, 0.25) is 0 Å². The van der Waals surface area contributed by atoms with Gasteiger partial charge in [-0.2, -0.15) is 0 Å². The van der Waals surface area contributed by atoms with E-state index in [-0.39, 0.29) is 6.03 Å². The van der Waals surface area contributed by atoms with Gasteiger partial charge >= 0.3 is 6.03 Å². The first-order valence-electron chi connectivity index (χ1n) is 9.00. The summed E-state index contributed by atoms with van der Waals surface area (Å²) < 4.78 is 0. The Balaban J connectivity index is 1.68. The third kappa shape index (κ3) is 3.82. The Morgan fingerprint density at radius 2 is 1.68 bits per heavy atom. The highest BCUT2D eigenvalue weighted by molar-refractivity contribution is 5.93. The average molecular weight is 300 g/mol. The van der Waals surface area contributed by atoms with E-state index in [0.717, 1.165) is 37.9 Å². The molecule has 0 atom stereocenters. The Kier molecular flexibility index (Phi) is 5.36. The molecule has 0 bridgehead atoms. The van der Waals surface area contributed by atoms with Crippen molar-refractivity contribution in [2.75, 3.05) is 11.4 Å². The van der Waals surface area contributed by atoms with Crippen LogP contribution < -0.4 is 10.2 Å². The number of carbonyl (C=O) groups excluding carboxylic acids is 1. The average Bonchev–Trinajstić information content (AvgIpc) is 2.72. The van der Waals surface area contributed by atoms with Crippen molar-refractivity contribution in [1.29, 1.82) is 0 Å². The number of fused-ring (bicyclic) bond motifs is 1. The first kappa shape index (κ1) is 15.4. The fourth-order valence-corrected chi connectivity index (χ4v) is 3.76. The minimum absolute atomic E-state index is 0.111.